The summed E-state index contributed by atoms with van der Waals surface area (Å²) >= 11 is 0. The van der Waals surface area contributed by atoms with Gasteiger partial charge in [-0.3, -0.25) is 9.59 Å². The van der Waals surface area contributed by atoms with Gasteiger partial charge in [0.1, 0.15) is 18.7 Å². The number of carbonyl (C=O) groups excluding carboxylic acids is 1. The zero-order chi connectivity index (χ0) is 21.3. The number of esters is 1. The van der Waals surface area contributed by atoms with E-state index < -0.39 is 5.97 Å². The lowest BCUT2D eigenvalue weighted by Crippen LogP contribution is -2.29. The first kappa shape index (κ1) is 19.6. The van der Waals surface area contributed by atoms with Crippen molar-refractivity contribution < 1.29 is 9.53 Å². The summed E-state index contributed by atoms with van der Waals surface area (Å²) in [5.74, 6) is -0.524. The lowest BCUT2D eigenvalue weighted by molar-refractivity contribution is -0.146. The lowest BCUT2D eigenvalue weighted by Gasteiger charge is -2.10. The maximum atomic E-state index is 13.1. The zero-order valence-corrected chi connectivity index (χ0v) is 17.1. The summed E-state index contributed by atoms with van der Waals surface area (Å²) in [6.45, 7) is 5.72. The molecule has 30 heavy (non-hydrogen) atoms. The monoisotopic (exact) mass is 402 g/mol. The first-order valence-electron chi connectivity index (χ1n) is 9.66. The SMILES string of the molecule is Cc1ccc(-n2ncc3c(C)nn(CC(=O)OCc4ccccc4)c(=O)c32)cc1C. The van der Waals surface area contributed by atoms with Crippen molar-refractivity contribution >= 4 is 16.9 Å². The van der Waals surface area contributed by atoms with Crippen molar-refractivity contribution in [3.8, 4) is 5.69 Å². The van der Waals surface area contributed by atoms with Crippen LogP contribution in [0.25, 0.3) is 16.6 Å². The van der Waals surface area contributed by atoms with E-state index in [2.05, 4.69) is 10.2 Å². The molecular formula is C23H22N4O3. The van der Waals surface area contributed by atoms with E-state index in [9.17, 15) is 9.59 Å². The van der Waals surface area contributed by atoms with Crippen LogP contribution in [0, 0.1) is 20.8 Å². The minimum absolute atomic E-state index is 0.149. The van der Waals surface area contributed by atoms with Gasteiger partial charge in [-0.25, -0.2) is 9.36 Å². The molecule has 0 fully saturated rings. The molecule has 0 saturated carbocycles. The molecule has 152 valence electrons. The summed E-state index contributed by atoms with van der Waals surface area (Å²) in [6, 6.07) is 15.3. The molecule has 0 aliphatic heterocycles. The van der Waals surface area contributed by atoms with Gasteiger partial charge in [-0.15, -0.1) is 0 Å². The van der Waals surface area contributed by atoms with Crippen LogP contribution in [-0.2, 0) is 22.7 Å². The second kappa shape index (κ2) is 7.94. The average Bonchev–Trinajstić information content (AvgIpc) is 3.19. The van der Waals surface area contributed by atoms with Crippen LogP contribution in [-0.4, -0.2) is 25.5 Å². The van der Waals surface area contributed by atoms with Gasteiger partial charge in [0.2, 0.25) is 0 Å². The summed E-state index contributed by atoms with van der Waals surface area (Å²) in [4.78, 5) is 25.4. The Hall–Kier alpha value is -3.74. The molecule has 0 N–H and O–H groups in total. The number of carbonyl (C=O) groups is 1. The number of fused-ring (bicyclic) bond motifs is 1. The predicted octanol–water partition coefficient (Wildman–Crippen LogP) is 3.25. The maximum Gasteiger partial charge on any atom is 0.328 e. The summed E-state index contributed by atoms with van der Waals surface area (Å²) in [7, 11) is 0. The Morgan fingerprint density at radius 3 is 2.53 bits per heavy atom. The van der Waals surface area contributed by atoms with Gasteiger partial charge in [0.15, 0.2) is 0 Å². The molecule has 0 aliphatic rings. The number of benzene rings is 2. The van der Waals surface area contributed by atoms with Gasteiger partial charge in [-0.1, -0.05) is 36.4 Å². The Labute approximate surface area is 173 Å². The second-order valence-electron chi connectivity index (χ2n) is 7.28. The van der Waals surface area contributed by atoms with E-state index >= 15 is 0 Å². The highest BCUT2D eigenvalue weighted by atomic mass is 16.5. The molecule has 4 rings (SSSR count). The van der Waals surface area contributed by atoms with Crippen molar-refractivity contribution in [3.05, 3.63) is 87.5 Å². The fourth-order valence-electron chi connectivity index (χ4n) is 3.29. The number of rotatable bonds is 5. The van der Waals surface area contributed by atoms with Crippen LogP contribution in [0.15, 0.2) is 59.5 Å². The van der Waals surface area contributed by atoms with Gasteiger partial charge >= 0.3 is 5.97 Å². The molecule has 7 heteroatoms. The van der Waals surface area contributed by atoms with Crippen molar-refractivity contribution in [2.45, 2.75) is 33.9 Å². The maximum absolute atomic E-state index is 13.1. The van der Waals surface area contributed by atoms with Crippen LogP contribution in [0.2, 0.25) is 0 Å². The van der Waals surface area contributed by atoms with E-state index in [-0.39, 0.29) is 18.7 Å². The van der Waals surface area contributed by atoms with Crippen LogP contribution >= 0.6 is 0 Å². The minimum atomic E-state index is -0.524. The number of aryl methyl sites for hydroxylation is 3. The van der Waals surface area contributed by atoms with Crippen LogP contribution in [0.1, 0.15) is 22.4 Å². The van der Waals surface area contributed by atoms with Gasteiger partial charge in [0, 0.05) is 5.39 Å². The first-order chi connectivity index (χ1) is 14.4. The zero-order valence-electron chi connectivity index (χ0n) is 17.1. The van der Waals surface area contributed by atoms with Gasteiger partial charge in [0.05, 0.1) is 17.6 Å². The third-order valence-corrected chi connectivity index (χ3v) is 5.12. The molecule has 0 radical (unpaired) electrons. The molecule has 0 atom stereocenters. The molecule has 0 unspecified atom stereocenters. The first-order valence-corrected chi connectivity index (χ1v) is 9.66. The van der Waals surface area contributed by atoms with E-state index in [0.29, 0.717) is 16.6 Å². The molecule has 0 spiro atoms. The predicted molar refractivity (Wildman–Crippen MR) is 114 cm³/mol. The number of hydrogen-bond donors (Lipinski definition) is 0. The van der Waals surface area contributed by atoms with Crippen molar-refractivity contribution in [3.63, 3.8) is 0 Å². The fraction of sp³-hybridized carbons (Fsp3) is 0.217. The van der Waals surface area contributed by atoms with Gasteiger partial charge < -0.3 is 4.74 Å². The quantitative estimate of drug-likeness (QED) is 0.479. The molecule has 0 saturated heterocycles. The van der Waals surface area contributed by atoms with Crippen molar-refractivity contribution in [2.75, 3.05) is 0 Å². The highest BCUT2D eigenvalue weighted by Crippen LogP contribution is 2.19. The van der Waals surface area contributed by atoms with Gasteiger partial charge in [-0.05, 0) is 49.6 Å². The Balaban J connectivity index is 1.66. The third kappa shape index (κ3) is 3.74. The lowest BCUT2D eigenvalue weighted by atomic mass is 10.1. The topological polar surface area (TPSA) is 79.0 Å². The highest BCUT2D eigenvalue weighted by molar-refractivity contribution is 5.81. The van der Waals surface area contributed by atoms with Crippen molar-refractivity contribution in [2.24, 2.45) is 0 Å². The van der Waals surface area contributed by atoms with E-state index in [1.54, 1.807) is 17.8 Å². The molecule has 2 aromatic carbocycles. The van der Waals surface area contributed by atoms with Crippen LogP contribution in [0.5, 0.6) is 0 Å². The smallest absolute Gasteiger partial charge is 0.328 e. The molecule has 2 heterocycles. The summed E-state index contributed by atoms with van der Waals surface area (Å²) in [5, 5.41) is 9.35. The number of hydrogen-bond acceptors (Lipinski definition) is 5. The standard InChI is InChI=1S/C23H22N4O3/c1-15-9-10-19(11-16(15)2)27-22-20(12-24-27)17(3)25-26(23(22)29)13-21(28)30-14-18-7-5-4-6-8-18/h4-12H,13-14H2,1-3H3. The molecular weight excluding hydrogens is 380 g/mol. The van der Waals surface area contributed by atoms with Gasteiger partial charge in [0.25, 0.3) is 5.56 Å². The fourth-order valence-corrected chi connectivity index (χ4v) is 3.29. The van der Waals surface area contributed by atoms with Crippen LogP contribution < -0.4 is 5.56 Å². The van der Waals surface area contributed by atoms with E-state index in [1.165, 1.54) is 0 Å². The molecule has 0 bridgehead atoms. The third-order valence-electron chi connectivity index (χ3n) is 5.12. The minimum Gasteiger partial charge on any atom is -0.459 e. The molecule has 2 aromatic heterocycles. The molecule has 7 nitrogen and oxygen atoms in total. The Bertz CT molecular complexity index is 1290. The molecule has 0 aliphatic carbocycles. The normalized spacial score (nSPS) is 11.0. The number of ether oxygens (including phenoxy) is 1. The number of nitrogens with zero attached hydrogens (tertiary/aromatic N) is 4. The van der Waals surface area contributed by atoms with Crippen LogP contribution in [0.3, 0.4) is 0 Å². The van der Waals surface area contributed by atoms with E-state index in [0.717, 1.165) is 27.1 Å². The largest absolute Gasteiger partial charge is 0.459 e. The second-order valence-corrected chi connectivity index (χ2v) is 7.28. The van der Waals surface area contributed by atoms with Crippen molar-refractivity contribution in [1.82, 2.24) is 19.6 Å². The number of aromatic nitrogens is 4. The summed E-state index contributed by atoms with van der Waals surface area (Å²) < 4.78 is 8.05. The van der Waals surface area contributed by atoms with E-state index in [1.807, 2.05) is 62.4 Å². The van der Waals surface area contributed by atoms with Crippen LogP contribution in [0.4, 0.5) is 0 Å². The Kier molecular flexibility index (Phi) is 5.18. The molecule has 4 aromatic rings. The van der Waals surface area contributed by atoms with Crippen molar-refractivity contribution in [1.29, 1.82) is 0 Å². The summed E-state index contributed by atoms with van der Waals surface area (Å²) in [6.07, 6.45) is 1.63. The Morgan fingerprint density at radius 1 is 1.03 bits per heavy atom. The van der Waals surface area contributed by atoms with Gasteiger partial charge in [-0.2, -0.15) is 10.2 Å². The average molecular weight is 402 g/mol. The Morgan fingerprint density at radius 2 is 1.80 bits per heavy atom. The molecule has 0 amide bonds. The summed E-state index contributed by atoms with van der Waals surface area (Å²) in [5.41, 5.74) is 4.55. The highest BCUT2D eigenvalue weighted by Gasteiger charge is 2.17. The van der Waals surface area contributed by atoms with E-state index in [4.69, 9.17) is 4.74 Å².